The average molecular weight is 411 g/mol. The van der Waals surface area contributed by atoms with E-state index in [4.69, 9.17) is 9.73 Å². The normalized spacial score (nSPS) is 21.1. The molecule has 2 heterocycles. The van der Waals surface area contributed by atoms with Crippen LogP contribution in [0.25, 0.3) is 0 Å². The number of rotatable bonds is 7. The lowest BCUT2D eigenvalue weighted by Gasteiger charge is -2.31. The minimum atomic E-state index is 0.176. The Morgan fingerprint density at radius 2 is 1.97 bits per heavy atom. The highest BCUT2D eigenvalue weighted by molar-refractivity contribution is 5.80. The zero-order valence-electron chi connectivity index (χ0n) is 18.2. The van der Waals surface area contributed by atoms with Gasteiger partial charge in [-0.1, -0.05) is 43.2 Å². The largest absolute Gasteiger partial charge is 0.376 e. The third-order valence-corrected chi connectivity index (χ3v) is 6.62. The smallest absolute Gasteiger partial charge is 0.191 e. The second-order valence-corrected chi connectivity index (χ2v) is 8.61. The summed E-state index contributed by atoms with van der Waals surface area (Å²) in [5, 5.41) is 15.5. The van der Waals surface area contributed by atoms with Crippen LogP contribution in [0, 0.1) is 6.92 Å². The Kier molecular flexibility index (Phi) is 6.67. The van der Waals surface area contributed by atoms with E-state index in [1.807, 2.05) is 18.5 Å². The third-order valence-electron chi connectivity index (χ3n) is 6.62. The van der Waals surface area contributed by atoms with Gasteiger partial charge in [-0.25, -0.2) is 4.99 Å². The molecular formula is C23H34N6O. The summed E-state index contributed by atoms with van der Waals surface area (Å²) < 4.78 is 7.77. The van der Waals surface area contributed by atoms with Gasteiger partial charge in [-0.05, 0) is 38.2 Å². The van der Waals surface area contributed by atoms with Crippen LogP contribution in [-0.2, 0) is 23.7 Å². The second kappa shape index (κ2) is 9.60. The Morgan fingerprint density at radius 3 is 2.63 bits per heavy atom. The number of ether oxygens (including phenoxy) is 1. The van der Waals surface area contributed by atoms with Crippen LogP contribution in [0.3, 0.4) is 0 Å². The molecule has 162 valence electrons. The molecule has 1 unspecified atom stereocenters. The Bertz CT molecular complexity index is 835. The van der Waals surface area contributed by atoms with Crippen molar-refractivity contribution in [2.75, 3.05) is 19.7 Å². The number of benzene rings is 1. The first-order valence-corrected chi connectivity index (χ1v) is 11.2. The van der Waals surface area contributed by atoms with Crippen LogP contribution in [0.1, 0.15) is 55.7 Å². The van der Waals surface area contributed by atoms with Crippen LogP contribution < -0.4 is 10.6 Å². The highest BCUT2D eigenvalue weighted by Gasteiger charge is 2.35. The van der Waals surface area contributed by atoms with E-state index in [1.165, 1.54) is 31.2 Å². The lowest BCUT2D eigenvalue weighted by molar-refractivity contribution is 0.113. The Balaban J connectivity index is 1.46. The van der Waals surface area contributed by atoms with E-state index < -0.39 is 0 Å². The molecule has 0 radical (unpaired) electrons. The molecule has 7 heteroatoms. The molecule has 0 spiro atoms. The second-order valence-electron chi connectivity index (χ2n) is 8.61. The quantitative estimate of drug-likeness (QED) is 0.542. The van der Waals surface area contributed by atoms with Gasteiger partial charge in [0, 0.05) is 32.2 Å². The van der Waals surface area contributed by atoms with Crippen LogP contribution >= 0.6 is 0 Å². The summed E-state index contributed by atoms with van der Waals surface area (Å²) >= 11 is 0. The van der Waals surface area contributed by atoms with Gasteiger partial charge >= 0.3 is 0 Å². The SMILES string of the molecule is Cc1nnc(CN=C(NCC2CCCO2)NCC2(c3ccccc3)CCCC2)n1C. The first-order valence-electron chi connectivity index (χ1n) is 11.2. The molecule has 2 aromatic rings. The van der Waals surface area contributed by atoms with E-state index in [9.17, 15) is 0 Å². The molecule has 1 aliphatic heterocycles. The van der Waals surface area contributed by atoms with Crippen molar-refractivity contribution in [1.29, 1.82) is 0 Å². The van der Waals surface area contributed by atoms with Gasteiger partial charge in [-0.15, -0.1) is 10.2 Å². The van der Waals surface area contributed by atoms with E-state index in [2.05, 4.69) is 51.2 Å². The van der Waals surface area contributed by atoms with Crippen molar-refractivity contribution < 1.29 is 4.74 Å². The lowest BCUT2D eigenvalue weighted by atomic mass is 9.79. The van der Waals surface area contributed by atoms with Gasteiger partial charge in [0.25, 0.3) is 0 Å². The number of aromatic nitrogens is 3. The molecule has 0 bridgehead atoms. The first kappa shape index (κ1) is 20.8. The summed E-state index contributed by atoms with van der Waals surface area (Å²) in [6.45, 7) is 4.98. The van der Waals surface area contributed by atoms with Crippen LogP contribution in [0.2, 0.25) is 0 Å². The van der Waals surface area contributed by atoms with Gasteiger partial charge in [0.2, 0.25) is 0 Å². The van der Waals surface area contributed by atoms with Gasteiger partial charge in [0.1, 0.15) is 12.4 Å². The highest BCUT2D eigenvalue weighted by atomic mass is 16.5. The molecule has 1 atom stereocenters. The topological polar surface area (TPSA) is 76.4 Å². The van der Waals surface area contributed by atoms with Crippen molar-refractivity contribution in [3.8, 4) is 0 Å². The maximum atomic E-state index is 5.78. The van der Waals surface area contributed by atoms with Crippen LogP contribution in [0.15, 0.2) is 35.3 Å². The van der Waals surface area contributed by atoms with Crippen LogP contribution in [-0.4, -0.2) is 46.5 Å². The molecule has 4 rings (SSSR count). The summed E-state index contributed by atoms with van der Waals surface area (Å²) in [5.41, 5.74) is 1.60. The Hall–Kier alpha value is -2.41. The van der Waals surface area contributed by atoms with E-state index >= 15 is 0 Å². The fourth-order valence-corrected chi connectivity index (χ4v) is 4.59. The van der Waals surface area contributed by atoms with E-state index in [0.29, 0.717) is 6.54 Å². The van der Waals surface area contributed by atoms with Crippen molar-refractivity contribution in [3.05, 3.63) is 47.5 Å². The first-order chi connectivity index (χ1) is 14.7. The molecule has 1 aliphatic carbocycles. The summed E-state index contributed by atoms with van der Waals surface area (Å²) in [6.07, 6.45) is 7.51. The molecule has 1 saturated heterocycles. The molecule has 30 heavy (non-hydrogen) atoms. The minimum Gasteiger partial charge on any atom is -0.376 e. The van der Waals surface area contributed by atoms with Gasteiger partial charge < -0.3 is 19.9 Å². The van der Waals surface area contributed by atoms with Crippen molar-refractivity contribution >= 4 is 5.96 Å². The number of aryl methyl sites for hydroxylation is 1. The van der Waals surface area contributed by atoms with Gasteiger partial charge in [0.15, 0.2) is 11.8 Å². The Morgan fingerprint density at radius 1 is 1.17 bits per heavy atom. The van der Waals surface area contributed by atoms with E-state index in [-0.39, 0.29) is 11.5 Å². The Labute approximate surface area is 179 Å². The molecule has 1 saturated carbocycles. The van der Waals surface area contributed by atoms with E-state index in [1.54, 1.807) is 0 Å². The minimum absolute atomic E-state index is 0.176. The fourth-order valence-electron chi connectivity index (χ4n) is 4.59. The lowest BCUT2D eigenvalue weighted by Crippen LogP contribution is -2.46. The zero-order chi connectivity index (χ0) is 20.8. The van der Waals surface area contributed by atoms with Crippen molar-refractivity contribution in [1.82, 2.24) is 25.4 Å². The molecular weight excluding hydrogens is 376 g/mol. The zero-order valence-corrected chi connectivity index (χ0v) is 18.2. The number of hydrogen-bond acceptors (Lipinski definition) is 4. The predicted molar refractivity (Wildman–Crippen MR) is 118 cm³/mol. The number of aliphatic imine (C=N–C) groups is 1. The monoisotopic (exact) mass is 410 g/mol. The molecule has 0 amide bonds. The van der Waals surface area contributed by atoms with Crippen molar-refractivity contribution in [2.24, 2.45) is 12.0 Å². The maximum Gasteiger partial charge on any atom is 0.191 e. The van der Waals surface area contributed by atoms with Gasteiger partial charge in [-0.2, -0.15) is 0 Å². The summed E-state index contributed by atoms with van der Waals surface area (Å²) in [7, 11) is 1.98. The number of nitrogens with one attached hydrogen (secondary N) is 2. The van der Waals surface area contributed by atoms with Crippen LogP contribution in [0.4, 0.5) is 0 Å². The summed E-state index contributed by atoms with van der Waals surface area (Å²) in [6, 6.07) is 10.9. The average Bonchev–Trinajstić information content (AvgIpc) is 3.53. The standard InChI is InChI=1S/C23H34N6O/c1-18-27-28-21(29(18)2)16-25-22(24-15-20-11-8-14-30-20)26-17-23(12-6-7-13-23)19-9-4-3-5-10-19/h3-5,9-10,20H,6-8,11-17H2,1-2H3,(H2,24,25,26). The van der Waals surface area contributed by atoms with Crippen molar-refractivity contribution in [2.45, 2.75) is 63.5 Å². The maximum absolute atomic E-state index is 5.78. The molecule has 1 aromatic carbocycles. The molecule has 7 nitrogen and oxygen atoms in total. The van der Waals surface area contributed by atoms with Gasteiger partial charge in [0.05, 0.1) is 6.10 Å². The van der Waals surface area contributed by atoms with Crippen LogP contribution in [0.5, 0.6) is 0 Å². The molecule has 2 aliphatic rings. The third kappa shape index (κ3) is 4.83. The molecule has 2 N–H and O–H groups in total. The number of hydrogen-bond donors (Lipinski definition) is 2. The fraction of sp³-hybridized carbons (Fsp3) is 0.609. The predicted octanol–water partition coefficient (Wildman–Crippen LogP) is 2.85. The highest BCUT2D eigenvalue weighted by Crippen LogP contribution is 2.40. The van der Waals surface area contributed by atoms with Gasteiger partial charge in [-0.3, -0.25) is 0 Å². The summed E-state index contributed by atoms with van der Waals surface area (Å²) in [5.74, 6) is 2.59. The number of nitrogens with zero attached hydrogens (tertiary/aromatic N) is 4. The molecule has 2 fully saturated rings. The van der Waals surface area contributed by atoms with E-state index in [0.717, 1.165) is 50.1 Å². The van der Waals surface area contributed by atoms with Crippen molar-refractivity contribution in [3.63, 3.8) is 0 Å². The number of guanidine groups is 1. The molecule has 1 aromatic heterocycles. The summed E-state index contributed by atoms with van der Waals surface area (Å²) in [4.78, 5) is 4.83.